The van der Waals surface area contributed by atoms with Crippen molar-refractivity contribution in [2.24, 2.45) is 5.41 Å². The van der Waals surface area contributed by atoms with E-state index in [0.717, 1.165) is 52.7 Å². The molecule has 130 valence electrons. The Morgan fingerprint density at radius 3 is 2.56 bits per heavy atom. The molecule has 0 spiro atoms. The molecule has 0 N–H and O–H groups in total. The SMILES string of the molecule is CCn1ncc2c(-c3cncc(C)c3)c(C=O)c(CC(C)(C)C)nc21. The number of rotatable bonds is 4. The molecule has 5 heteroatoms. The minimum absolute atomic E-state index is 0.0254. The Balaban J connectivity index is 2.39. The lowest BCUT2D eigenvalue weighted by Crippen LogP contribution is -2.14. The van der Waals surface area contributed by atoms with Gasteiger partial charge in [0.05, 0.1) is 11.9 Å². The van der Waals surface area contributed by atoms with Crippen LogP contribution in [0.15, 0.2) is 24.7 Å². The van der Waals surface area contributed by atoms with Gasteiger partial charge in [0.2, 0.25) is 0 Å². The third-order valence-electron chi connectivity index (χ3n) is 4.18. The van der Waals surface area contributed by atoms with Gasteiger partial charge >= 0.3 is 0 Å². The molecule has 0 saturated heterocycles. The Hall–Kier alpha value is -2.56. The van der Waals surface area contributed by atoms with E-state index >= 15 is 0 Å². The number of nitrogens with zero attached hydrogens (tertiary/aromatic N) is 4. The van der Waals surface area contributed by atoms with Crippen molar-refractivity contribution in [1.29, 1.82) is 0 Å². The number of pyridine rings is 2. The minimum Gasteiger partial charge on any atom is -0.298 e. The van der Waals surface area contributed by atoms with Crippen LogP contribution in [0.3, 0.4) is 0 Å². The van der Waals surface area contributed by atoms with E-state index in [1.165, 1.54) is 0 Å². The Bertz CT molecular complexity index is 935. The van der Waals surface area contributed by atoms with Crippen LogP contribution < -0.4 is 0 Å². The molecule has 5 nitrogen and oxygen atoms in total. The van der Waals surface area contributed by atoms with Gasteiger partial charge in [-0.1, -0.05) is 20.8 Å². The number of hydrogen-bond donors (Lipinski definition) is 0. The summed E-state index contributed by atoms with van der Waals surface area (Å²) in [5, 5.41) is 5.35. The molecule has 0 bridgehead atoms. The number of carbonyl (C=O) groups excluding carboxylic acids is 1. The van der Waals surface area contributed by atoms with E-state index in [2.05, 4.69) is 36.9 Å². The molecule has 3 aromatic rings. The third-order valence-corrected chi connectivity index (χ3v) is 4.18. The quantitative estimate of drug-likeness (QED) is 0.669. The van der Waals surface area contributed by atoms with Gasteiger partial charge in [-0.3, -0.25) is 9.78 Å². The molecule has 3 heterocycles. The maximum atomic E-state index is 12.0. The Morgan fingerprint density at radius 1 is 1.20 bits per heavy atom. The maximum Gasteiger partial charge on any atom is 0.158 e. The van der Waals surface area contributed by atoms with Gasteiger partial charge in [-0.15, -0.1) is 0 Å². The fourth-order valence-electron chi connectivity index (χ4n) is 3.15. The molecular weight excluding hydrogens is 312 g/mol. The highest BCUT2D eigenvalue weighted by molar-refractivity contribution is 6.02. The van der Waals surface area contributed by atoms with Gasteiger partial charge in [-0.05, 0) is 37.3 Å². The predicted molar refractivity (Wildman–Crippen MR) is 99.7 cm³/mol. The monoisotopic (exact) mass is 336 g/mol. The fourth-order valence-corrected chi connectivity index (χ4v) is 3.15. The van der Waals surface area contributed by atoms with Crippen LogP contribution in [0.25, 0.3) is 22.2 Å². The van der Waals surface area contributed by atoms with Gasteiger partial charge < -0.3 is 0 Å². The zero-order valence-corrected chi connectivity index (χ0v) is 15.5. The highest BCUT2D eigenvalue weighted by Crippen LogP contribution is 2.34. The van der Waals surface area contributed by atoms with E-state index in [0.29, 0.717) is 5.56 Å². The summed E-state index contributed by atoms with van der Waals surface area (Å²) in [5.74, 6) is 0. The zero-order chi connectivity index (χ0) is 18.2. The van der Waals surface area contributed by atoms with E-state index in [4.69, 9.17) is 4.98 Å². The lowest BCUT2D eigenvalue weighted by molar-refractivity contribution is 0.112. The molecule has 3 rings (SSSR count). The summed E-state index contributed by atoms with van der Waals surface area (Å²) in [7, 11) is 0. The molecule has 0 saturated carbocycles. The number of carbonyl (C=O) groups is 1. The maximum absolute atomic E-state index is 12.0. The lowest BCUT2D eigenvalue weighted by Gasteiger charge is -2.20. The number of aromatic nitrogens is 4. The fraction of sp³-hybridized carbons (Fsp3) is 0.400. The summed E-state index contributed by atoms with van der Waals surface area (Å²) in [6, 6.07) is 2.05. The first-order valence-corrected chi connectivity index (χ1v) is 8.59. The van der Waals surface area contributed by atoms with Gasteiger partial charge in [0.1, 0.15) is 0 Å². The molecular formula is C20H24N4O. The highest BCUT2D eigenvalue weighted by Gasteiger charge is 2.22. The summed E-state index contributed by atoms with van der Waals surface area (Å²) in [4.78, 5) is 21.2. The average Bonchev–Trinajstić information content (AvgIpc) is 2.94. The van der Waals surface area contributed by atoms with E-state index < -0.39 is 0 Å². The van der Waals surface area contributed by atoms with Crippen LogP contribution in [-0.4, -0.2) is 26.0 Å². The number of aldehydes is 1. The van der Waals surface area contributed by atoms with Crippen molar-refractivity contribution in [3.05, 3.63) is 41.5 Å². The second-order valence-electron chi connectivity index (χ2n) is 7.65. The summed E-state index contributed by atoms with van der Waals surface area (Å²) < 4.78 is 1.88. The van der Waals surface area contributed by atoms with Crippen molar-refractivity contribution in [3.63, 3.8) is 0 Å². The van der Waals surface area contributed by atoms with E-state index in [1.807, 2.05) is 24.7 Å². The number of hydrogen-bond acceptors (Lipinski definition) is 4. The van der Waals surface area contributed by atoms with E-state index in [-0.39, 0.29) is 5.41 Å². The minimum atomic E-state index is 0.0254. The van der Waals surface area contributed by atoms with E-state index in [9.17, 15) is 4.79 Å². The topological polar surface area (TPSA) is 60.7 Å². The molecule has 0 unspecified atom stereocenters. The first kappa shape index (κ1) is 17.3. The predicted octanol–water partition coefficient (Wildman–Crippen LogP) is 4.22. The first-order valence-electron chi connectivity index (χ1n) is 8.59. The molecule has 0 radical (unpaired) electrons. The second-order valence-corrected chi connectivity index (χ2v) is 7.65. The van der Waals surface area contributed by atoms with Crippen LogP contribution in [0.2, 0.25) is 0 Å². The Labute approximate surface area is 148 Å². The zero-order valence-electron chi connectivity index (χ0n) is 15.5. The molecule has 0 aliphatic heterocycles. The van der Waals surface area contributed by atoms with Crippen LogP contribution >= 0.6 is 0 Å². The van der Waals surface area contributed by atoms with Gasteiger partial charge in [-0.25, -0.2) is 9.67 Å². The van der Waals surface area contributed by atoms with Crippen molar-refractivity contribution in [2.75, 3.05) is 0 Å². The first-order chi connectivity index (χ1) is 11.8. The molecule has 0 aromatic carbocycles. The molecule has 0 fully saturated rings. The molecule has 3 aromatic heterocycles. The van der Waals surface area contributed by atoms with Gasteiger partial charge in [0, 0.05) is 41.0 Å². The standard InChI is InChI=1S/C20H24N4O/c1-6-24-19-15(11-22-24)18(14-7-13(2)9-21-10-14)16(12-25)17(23-19)8-20(3,4)5/h7,9-12H,6,8H2,1-5H3. The third kappa shape index (κ3) is 3.31. The summed E-state index contributed by atoms with van der Waals surface area (Å²) in [6.07, 6.45) is 7.07. The van der Waals surface area contributed by atoms with Gasteiger partial charge in [0.15, 0.2) is 11.9 Å². The van der Waals surface area contributed by atoms with Crippen LogP contribution in [0.5, 0.6) is 0 Å². The second kappa shape index (κ2) is 6.39. The van der Waals surface area contributed by atoms with Gasteiger partial charge in [-0.2, -0.15) is 5.10 Å². The molecule has 0 atom stereocenters. The lowest BCUT2D eigenvalue weighted by atomic mass is 9.86. The van der Waals surface area contributed by atoms with Crippen molar-refractivity contribution in [3.8, 4) is 11.1 Å². The number of aryl methyl sites for hydroxylation is 2. The van der Waals surface area contributed by atoms with Gasteiger partial charge in [0.25, 0.3) is 0 Å². The Morgan fingerprint density at radius 2 is 1.96 bits per heavy atom. The van der Waals surface area contributed by atoms with Crippen molar-refractivity contribution in [1.82, 2.24) is 19.7 Å². The van der Waals surface area contributed by atoms with Crippen molar-refractivity contribution in [2.45, 2.75) is 47.6 Å². The van der Waals surface area contributed by atoms with Crippen molar-refractivity contribution >= 4 is 17.3 Å². The van der Waals surface area contributed by atoms with Crippen LogP contribution in [-0.2, 0) is 13.0 Å². The summed E-state index contributed by atoms with van der Waals surface area (Å²) in [5.41, 5.74) is 5.18. The molecule has 0 aliphatic carbocycles. The Kier molecular flexibility index (Phi) is 4.41. The molecule has 25 heavy (non-hydrogen) atoms. The number of fused-ring (bicyclic) bond motifs is 1. The molecule has 0 aliphatic rings. The smallest absolute Gasteiger partial charge is 0.158 e. The van der Waals surface area contributed by atoms with Crippen molar-refractivity contribution < 1.29 is 4.79 Å². The average molecular weight is 336 g/mol. The largest absolute Gasteiger partial charge is 0.298 e. The summed E-state index contributed by atoms with van der Waals surface area (Å²) in [6.45, 7) is 11.2. The highest BCUT2D eigenvalue weighted by atomic mass is 16.1. The van der Waals surface area contributed by atoms with Crippen LogP contribution in [0.4, 0.5) is 0 Å². The van der Waals surface area contributed by atoms with Crippen LogP contribution in [0.1, 0.15) is 49.3 Å². The normalized spacial score (nSPS) is 11.9. The van der Waals surface area contributed by atoms with E-state index in [1.54, 1.807) is 12.4 Å². The molecule has 0 amide bonds. The van der Waals surface area contributed by atoms with Crippen LogP contribution in [0, 0.1) is 12.3 Å². The summed E-state index contributed by atoms with van der Waals surface area (Å²) >= 11 is 0.